The van der Waals surface area contributed by atoms with E-state index in [0.717, 1.165) is 50.6 Å². The van der Waals surface area contributed by atoms with Crippen LogP contribution in [0.15, 0.2) is 42.5 Å². The van der Waals surface area contributed by atoms with Crippen molar-refractivity contribution in [2.24, 2.45) is 11.8 Å². The van der Waals surface area contributed by atoms with Crippen molar-refractivity contribution in [3.05, 3.63) is 53.6 Å². The number of fused-ring (bicyclic) bond motifs is 9. The van der Waals surface area contributed by atoms with E-state index in [1.54, 1.807) is 7.05 Å². The number of hydrogen-bond donors (Lipinski definition) is 0. The summed E-state index contributed by atoms with van der Waals surface area (Å²) >= 11 is 0. The zero-order chi connectivity index (χ0) is 25.2. The quantitative estimate of drug-likeness (QED) is 0.198. The molecule has 6 rings (SSSR count). The van der Waals surface area contributed by atoms with Gasteiger partial charge in [-0.15, -0.1) is 0 Å². The molecule has 1 fully saturated rings. The first-order valence-corrected chi connectivity index (χ1v) is 12.9. The van der Waals surface area contributed by atoms with Crippen LogP contribution in [0.3, 0.4) is 0 Å². The van der Waals surface area contributed by atoms with Crippen molar-refractivity contribution in [1.29, 1.82) is 0 Å². The molecule has 0 saturated heterocycles. The number of carbonyl (C=O) groups is 1. The Labute approximate surface area is 211 Å². The van der Waals surface area contributed by atoms with Gasteiger partial charge in [0.15, 0.2) is 0 Å². The Morgan fingerprint density at radius 1 is 1.08 bits per heavy atom. The van der Waals surface area contributed by atoms with Crippen molar-refractivity contribution in [3.63, 3.8) is 0 Å². The van der Waals surface area contributed by atoms with Crippen LogP contribution in [0, 0.1) is 11.8 Å². The summed E-state index contributed by atoms with van der Waals surface area (Å²) in [6.45, 7) is 6.86. The molecular formula is C30H33N3O3. The summed E-state index contributed by atoms with van der Waals surface area (Å²) in [6.07, 6.45) is 3.80. The van der Waals surface area contributed by atoms with Crippen LogP contribution in [-0.4, -0.2) is 40.7 Å². The van der Waals surface area contributed by atoms with Gasteiger partial charge in [0, 0.05) is 29.3 Å². The number of aromatic nitrogens is 2. The molecule has 0 spiro atoms. The number of nitrogens with zero attached hydrogens (tertiary/aromatic N) is 3. The minimum atomic E-state index is -0.227. The molecule has 1 aliphatic carbocycles. The normalized spacial score (nSPS) is 22.8. The second-order valence-corrected chi connectivity index (χ2v) is 11.1. The van der Waals surface area contributed by atoms with Gasteiger partial charge < -0.3 is 4.74 Å². The minimum Gasteiger partial charge on any atom is -0.487 e. The first kappa shape index (κ1) is 23.2. The number of rotatable bonds is 3. The van der Waals surface area contributed by atoms with Crippen LogP contribution in [0.2, 0.25) is 0 Å². The van der Waals surface area contributed by atoms with E-state index in [4.69, 9.17) is 19.5 Å². The standard InChI is InChI=1S/C30H33N3O3/c1-17-10-12-22-21(14-17)26-28-27(19-8-6-7-9-20(19)29(26)36-30(22,2)3)32-24-15-18(11-13-23(24)31-28)16-25(34)33(4)35-5/h6-9,11,13,15,17,21-22H,10,12,14,16H2,1-5H3/t17-,21-,22-/m0/s1. The van der Waals surface area contributed by atoms with Crippen LogP contribution >= 0.6 is 0 Å². The van der Waals surface area contributed by atoms with Gasteiger partial charge in [0.25, 0.3) is 0 Å². The van der Waals surface area contributed by atoms with Gasteiger partial charge in [0.2, 0.25) is 5.91 Å². The molecule has 0 bridgehead atoms. The van der Waals surface area contributed by atoms with Crippen LogP contribution in [0.4, 0.5) is 0 Å². The third-order valence-corrected chi connectivity index (χ3v) is 8.38. The molecule has 2 aliphatic rings. The summed E-state index contributed by atoms with van der Waals surface area (Å²) < 4.78 is 6.83. The largest absolute Gasteiger partial charge is 0.487 e. The maximum absolute atomic E-state index is 12.4. The van der Waals surface area contributed by atoms with Crippen molar-refractivity contribution in [2.45, 2.75) is 58.0 Å². The molecular weight excluding hydrogens is 450 g/mol. The van der Waals surface area contributed by atoms with E-state index in [1.807, 2.05) is 18.2 Å². The zero-order valence-electron chi connectivity index (χ0n) is 21.7. The topological polar surface area (TPSA) is 64.5 Å². The number of amides is 1. The number of hydrogen-bond acceptors (Lipinski definition) is 5. The van der Waals surface area contributed by atoms with Gasteiger partial charge in [-0.3, -0.25) is 9.63 Å². The Morgan fingerprint density at radius 2 is 1.83 bits per heavy atom. The molecule has 4 aromatic rings. The predicted molar refractivity (Wildman–Crippen MR) is 142 cm³/mol. The molecule has 3 atom stereocenters. The average molecular weight is 484 g/mol. The fraction of sp³-hybridized carbons (Fsp3) is 0.433. The SMILES string of the molecule is CON(C)C(=O)Cc1ccc2nc3c4c(c5ccccc5c3nc2c1)OC(C)(C)[C@H]1CC[C@H](C)C[C@H]41. The van der Waals surface area contributed by atoms with Crippen molar-refractivity contribution >= 4 is 38.7 Å². The number of hydroxylamine groups is 2. The lowest BCUT2D eigenvalue weighted by Gasteiger charge is -2.49. The van der Waals surface area contributed by atoms with E-state index in [2.05, 4.69) is 45.0 Å². The van der Waals surface area contributed by atoms with Gasteiger partial charge in [0.1, 0.15) is 11.4 Å². The molecule has 1 aromatic heterocycles. The number of likely N-dealkylation sites (N-methyl/N-ethyl adjacent to an activating group) is 1. The molecule has 0 radical (unpaired) electrons. The molecule has 1 aliphatic heterocycles. The van der Waals surface area contributed by atoms with Gasteiger partial charge in [0.05, 0.1) is 35.6 Å². The Morgan fingerprint density at radius 3 is 2.61 bits per heavy atom. The lowest BCUT2D eigenvalue weighted by molar-refractivity contribution is -0.167. The number of ether oxygens (including phenoxy) is 1. The summed E-state index contributed by atoms with van der Waals surface area (Å²) in [5.41, 5.74) is 5.39. The Hall–Kier alpha value is -3.25. The zero-order valence-corrected chi connectivity index (χ0v) is 21.7. The second-order valence-electron chi connectivity index (χ2n) is 11.1. The summed E-state index contributed by atoms with van der Waals surface area (Å²) in [4.78, 5) is 27.8. The molecule has 0 N–H and O–H groups in total. The average Bonchev–Trinajstić information content (AvgIpc) is 2.86. The molecule has 36 heavy (non-hydrogen) atoms. The highest BCUT2D eigenvalue weighted by Gasteiger charge is 2.47. The molecule has 1 saturated carbocycles. The third-order valence-electron chi connectivity index (χ3n) is 8.38. The number of carbonyl (C=O) groups excluding carboxylic acids is 1. The van der Waals surface area contributed by atoms with Crippen molar-refractivity contribution in [1.82, 2.24) is 15.0 Å². The summed E-state index contributed by atoms with van der Waals surface area (Å²) in [7, 11) is 3.11. The highest BCUT2D eigenvalue weighted by atomic mass is 16.7. The second kappa shape index (κ2) is 8.41. The summed E-state index contributed by atoms with van der Waals surface area (Å²) in [5, 5.41) is 3.41. The van der Waals surface area contributed by atoms with Gasteiger partial charge in [-0.1, -0.05) is 43.7 Å². The highest BCUT2D eigenvalue weighted by molar-refractivity contribution is 6.11. The van der Waals surface area contributed by atoms with Crippen molar-refractivity contribution < 1.29 is 14.4 Å². The van der Waals surface area contributed by atoms with Crippen LogP contribution in [-0.2, 0) is 16.1 Å². The van der Waals surface area contributed by atoms with Gasteiger partial charge in [-0.05, 0) is 56.2 Å². The maximum Gasteiger partial charge on any atom is 0.250 e. The maximum atomic E-state index is 12.4. The van der Waals surface area contributed by atoms with Gasteiger partial charge in [-0.25, -0.2) is 15.0 Å². The lowest BCUT2D eigenvalue weighted by atomic mass is 9.64. The fourth-order valence-electron chi connectivity index (χ4n) is 6.44. The molecule has 186 valence electrons. The fourth-order valence-corrected chi connectivity index (χ4v) is 6.44. The van der Waals surface area contributed by atoms with Gasteiger partial charge >= 0.3 is 0 Å². The van der Waals surface area contributed by atoms with Crippen molar-refractivity contribution in [2.75, 3.05) is 14.2 Å². The minimum absolute atomic E-state index is 0.109. The molecule has 6 heteroatoms. The van der Waals surface area contributed by atoms with E-state index in [9.17, 15) is 4.79 Å². The van der Waals surface area contributed by atoms with Gasteiger partial charge in [-0.2, -0.15) is 0 Å². The Balaban J connectivity index is 1.59. The van der Waals surface area contributed by atoms with Crippen LogP contribution in [0.1, 0.15) is 57.1 Å². The monoisotopic (exact) mass is 483 g/mol. The molecule has 2 heterocycles. The molecule has 3 aromatic carbocycles. The lowest BCUT2D eigenvalue weighted by Crippen LogP contribution is -2.46. The van der Waals surface area contributed by atoms with E-state index in [1.165, 1.54) is 30.6 Å². The van der Waals surface area contributed by atoms with Crippen LogP contribution < -0.4 is 4.74 Å². The van der Waals surface area contributed by atoms with E-state index < -0.39 is 0 Å². The van der Waals surface area contributed by atoms with E-state index >= 15 is 0 Å². The summed E-state index contributed by atoms with van der Waals surface area (Å²) in [5.74, 6) is 2.40. The smallest absolute Gasteiger partial charge is 0.250 e. The molecule has 0 unspecified atom stereocenters. The molecule has 6 nitrogen and oxygen atoms in total. The highest BCUT2D eigenvalue weighted by Crippen LogP contribution is 2.56. The van der Waals surface area contributed by atoms with E-state index in [0.29, 0.717) is 17.8 Å². The first-order chi connectivity index (χ1) is 17.3. The van der Waals surface area contributed by atoms with E-state index in [-0.39, 0.29) is 17.9 Å². The predicted octanol–water partition coefficient (Wildman–Crippen LogP) is 6.19. The van der Waals surface area contributed by atoms with Crippen LogP contribution in [0.25, 0.3) is 32.8 Å². The first-order valence-electron chi connectivity index (χ1n) is 12.9. The molecule has 1 amide bonds. The van der Waals surface area contributed by atoms with Crippen molar-refractivity contribution in [3.8, 4) is 5.75 Å². The third kappa shape index (κ3) is 3.62. The Bertz CT molecular complexity index is 1510. The number of benzene rings is 3. The Kier molecular flexibility index (Phi) is 5.41. The van der Waals surface area contributed by atoms with Crippen LogP contribution in [0.5, 0.6) is 5.75 Å². The summed E-state index contributed by atoms with van der Waals surface area (Å²) in [6, 6.07) is 14.3.